The highest BCUT2D eigenvalue weighted by Gasteiger charge is 2.23. The van der Waals surface area contributed by atoms with E-state index in [2.05, 4.69) is 17.2 Å². The topological polar surface area (TPSA) is 60.5 Å². The highest BCUT2D eigenvalue weighted by atomic mass is 16.6. The fourth-order valence-corrected chi connectivity index (χ4v) is 2.71. The van der Waals surface area contributed by atoms with Gasteiger partial charge < -0.3 is 14.8 Å². The minimum Gasteiger partial charge on any atom is -0.497 e. The monoisotopic (exact) mass is 356 g/mol. The summed E-state index contributed by atoms with van der Waals surface area (Å²) in [6.45, 7) is 7.70. The first-order chi connectivity index (χ1) is 12.3. The lowest BCUT2D eigenvalue weighted by atomic mass is 10.0. The molecule has 0 fully saturated rings. The first kappa shape index (κ1) is 19.9. The van der Waals surface area contributed by atoms with E-state index < -0.39 is 5.60 Å². The van der Waals surface area contributed by atoms with E-state index in [0.29, 0.717) is 0 Å². The molecule has 140 valence electrons. The molecule has 0 aliphatic carbocycles. The van der Waals surface area contributed by atoms with Gasteiger partial charge in [-0.25, -0.2) is 0 Å². The van der Waals surface area contributed by atoms with E-state index in [1.165, 1.54) is 0 Å². The van der Waals surface area contributed by atoms with E-state index in [9.17, 15) is 4.79 Å². The van der Waals surface area contributed by atoms with Crippen LogP contribution in [0.15, 0.2) is 48.8 Å². The molecule has 0 radical (unpaired) electrons. The molecule has 2 aromatic rings. The number of carbonyl (C=O) groups is 1. The Morgan fingerprint density at radius 3 is 2.23 bits per heavy atom. The van der Waals surface area contributed by atoms with Gasteiger partial charge in [-0.3, -0.25) is 9.78 Å². The molecule has 0 aliphatic rings. The Bertz CT molecular complexity index is 693. The molecule has 5 heteroatoms. The summed E-state index contributed by atoms with van der Waals surface area (Å²) >= 11 is 0. The summed E-state index contributed by atoms with van der Waals surface area (Å²) in [4.78, 5) is 16.4. The van der Waals surface area contributed by atoms with Crippen molar-refractivity contribution < 1.29 is 14.3 Å². The highest BCUT2D eigenvalue weighted by Crippen LogP contribution is 2.24. The summed E-state index contributed by atoms with van der Waals surface area (Å²) in [7, 11) is 1.65. The van der Waals surface area contributed by atoms with Gasteiger partial charge in [0, 0.05) is 24.5 Å². The third-order valence-corrected chi connectivity index (χ3v) is 3.97. The van der Waals surface area contributed by atoms with Gasteiger partial charge >= 0.3 is 5.97 Å². The number of ether oxygens (including phenoxy) is 2. The number of rotatable bonds is 7. The lowest BCUT2D eigenvalue weighted by Crippen LogP contribution is -2.30. The highest BCUT2D eigenvalue weighted by molar-refractivity contribution is 5.71. The molecule has 0 bridgehead atoms. The zero-order valence-electron chi connectivity index (χ0n) is 16.2. The van der Waals surface area contributed by atoms with Gasteiger partial charge in [-0.1, -0.05) is 12.1 Å². The molecule has 5 nitrogen and oxygen atoms in total. The largest absolute Gasteiger partial charge is 0.497 e. The molecule has 2 atom stereocenters. The smallest absolute Gasteiger partial charge is 0.308 e. The van der Waals surface area contributed by atoms with Crippen molar-refractivity contribution >= 4 is 5.97 Å². The number of pyridine rings is 1. The van der Waals surface area contributed by atoms with Gasteiger partial charge in [-0.2, -0.15) is 0 Å². The SMILES string of the molecule is COc1ccc([C@@H](C)N[C@@H](CC(=O)OC(C)(C)C)c2ccncc2)cc1. The molecule has 2 rings (SSSR count). The quantitative estimate of drug-likeness (QED) is 0.753. The summed E-state index contributed by atoms with van der Waals surface area (Å²) < 4.78 is 10.7. The van der Waals surface area contributed by atoms with Crippen LogP contribution in [0.5, 0.6) is 5.75 Å². The second-order valence-corrected chi connectivity index (χ2v) is 7.29. The lowest BCUT2D eigenvalue weighted by molar-refractivity contribution is -0.155. The summed E-state index contributed by atoms with van der Waals surface area (Å²) in [5.41, 5.74) is 1.63. The van der Waals surface area contributed by atoms with Crippen LogP contribution in [0.25, 0.3) is 0 Å². The fraction of sp³-hybridized carbons (Fsp3) is 0.429. The number of nitrogens with one attached hydrogen (secondary N) is 1. The Morgan fingerprint density at radius 2 is 1.69 bits per heavy atom. The number of aromatic nitrogens is 1. The number of esters is 1. The minimum absolute atomic E-state index is 0.0570. The van der Waals surface area contributed by atoms with Crippen LogP contribution in [-0.2, 0) is 9.53 Å². The van der Waals surface area contributed by atoms with Gasteiger partial charge in [0.1, 0.15) is 11.4 Å². The van der Waals surface area contributed by atoms with Crippen LogP contribution in [0, 0.1) is 0 Å². The zero-order chi connectivity index (χ0) is 19.2. The molecule has 1 aromatic carbocycles. The molecule has 1 heterocycles. The number of benzene rings is 1. The Labute approximate surface area is 155 Å². The van der Waals surface area contributed by atoms with Crippen LogP contribution in [0.2, 0.25) is 0 Å². The molecule has 26 heavy (non-hydrogen) atoms. The van der Waals surface area contributed by atoms with Crippen LogP contribution in [-0.4, -0.2) is 23.7 Å². The molecular formula is C21H28N2O3. The second kappa shape index (κ2) is 8.81. The number of methoxy groups -OCH3 is 1. The normalized spacial score (nSPS) is 13.7. The number of hydrogen-bond donors (Lipinski definition) is 1. The van der Waals surface area contributed by atoms with Crippen LogP contribution in [0.3, 0.4) is 0 Å². The van der Waals surface area contributed by atoms with Gasteiger partial charge in [0.15, 0.2) is 0 Å². The summed E-state index contributed by atoms with van der Waals surface area (Å²) in [5, 5.41) is 3.53. The van der Waals surface area contributed by atoms with Gasteiger partial charge in [0.05, 0.1) is 13.5 Å². The molecule has 0 saturated carbocycles. The standard InChI is InChI=1S/C21H28N2O3/c1-15(16-6-8-18(25-5)9-7-16)23-19(17-10-12-22-13-11-17)14-20(24)26-21(2,3)4/h6-13,15,19,23H,14H2,1-5H3/t15-,19+/m1/s1. The van der Waals surface area contributed by atoms with Crippen LogP contribution < -0.4 is 10.1 Å². The molecule has 1 N–H and O–H groups in total. The molecule has 0 saturated heterocycles. The predicted octanol–water partition coefficient (Wildman–Crippen LogP) is 4.21. The van der Waals surface area contributed by atoms with Gasteiger partial charge in [0.25, 0.3) is 0 Å². The Morgan fingerprint density at radius 1 is 1.08 bits per heavy atom. The molecular weight excluding hydrogens is 328 g/mol. The number of carbonyl (C=O) groups excluding carboxylic acids is 1. The van der Waals surface area contributed by atoms with E-state index in [0.717, 1.165) is 16.9 Å². The second-order valence-electron chi connectivity index (χ2n) is 7.29. The molecule has 1 aromatic heterocycles. The van der Waals surface area contributed by atoms with Crippen molar-refractivity contribution in [2.45, 2.75) is 51.8 Å². The van der Waals surface area contributed by atoms with Crippen LogP contribution in [0.1, 0.15) is 57.3 Å². The summed E-state index contributed by atoms with van der Waals surface area (Å²) in [5.74, 6) is 0.592. The van der Waals surface area contributed by atoms with E-state index in [4.69, 9.17) is 9.47 Å². The number of hydrogen-bond acceptors (Lipinski definition) is 5. The van der Waals surface area contributed by atoms with Crippen molar-refractivity contribution in [2.75, 3.05) is 7.11 Å². The lowest BCUT2D eigenvalue weighted by Gasteiger charge is -2.26. The van der Waals surface area contributed by atoms with E-state index in [-0.39, 0.29) is 24.5 Å². The maximum atomic E-state index is 12.3. The summed E-state index contributed by atoms with van der Waals surface area (Å²) in [6, 6.07) is 11.6. The van der Waals surface area contributed by atoms with E-state index in [1.54, 1.807) is 19.5 Å². The van der Waals surface area contributed by atoms with Gasteiger partial charge in [-0.15, -0.1) is 0 Å². The molecule has 0 unspecified atom stereocenters. The van der Waals surface area contributed by atoms with Crippen molar-refractivity contribution in [2.24, 2.45) is 0 Å². The first-order valence-electron chi connectivity index (χ1n) is 8.80. The fourth-order valence-electron chi connectivity index (χ4n) is 2.71. The van der Waals surface area contributed by atoms with Crippen molar-refractivity contribution in [3.8, 4) is 5.75 Å². The third kappa shape index (κ3) is 6.15. The van der Waals surface area contributed by atoms with E-state index in [1.807, 2.05) is 57.2 Å². The van der Waals surface area contributed by atoms with Crippen molar-refractivity contribution in [1.82, 2.24) is 10.3 Å². The maximum absolute atomic E-state index is 12.3. The summed E-state index contributed by atoms with van der Waals surface area (Å²) in [6.07, 6.45) is 3.72. The van der Waals surface area contributed by atoms with Crippen LogP contribution >= 0.6 is 0 Å². The molecule has 0 spiro atoms. The Kier molecular flexibility index (Phi) is 6.75. The average molecular weight is 356 g/mol. The first-order valence-corrected chi connectivity index (χ1v) is 8.80. The van der Waals surface area contributed by atoms with Crippen molar-refractivity contribution in [3.63, 3.8) is 0 Å². The number of nitrogens with zero attached hydrogens (tertiary/aromatic N) is 1. The average Bonchev–Trinajstić information content (AvgIpc) is 2.60. The Hall–Kier alpha value is -2.40. The Balaban J connectivity index is 2.14. The van der Waals surface area contributed by atoms with Crippen molar-refractivity contribution in [1.29, 1.82) is 0 Å². The van der Waals surface area contributed by atoms with Gasteiger partial charge in [-0.05, 0) is 63.1 Å². The third-order valence-electron chi connectivity index (χ3n) is 3.97. The molecule has 0 aliphatic heterocycles. The van der Waals surface area contributed by atoms with Gasteiger partial charge in [0.2, 0.25) is 0 Å². The molecule has 0 amide bonds. The maximum Gasteiger partial charge on any atom is 0.308 e. The minimum atomic E-state index is -0.499. The van der Waals surface area contributed by atoms with Crippen molar-refractivity contribution in [3.05, 3.63) is 59.9 Å². The zero-order valence-corrected chi connectivity index (χ0v) is 16.2. The van der Waals surface area contributed by atoms with E-state index >= 15 is 0 Å². The predicted molar refractivity (Wildman–Crippen MR) is 102 cm³/mol. The van der Waals surface area contributed by atoms with Crippen LogP contribution in [0.4, 0.5) is 0 Å².